The average molecular weight is 598 g/mol. The van der Waals surface area contributed by atoms with E-state index >= 15 is 0 Å². The van der Waals surface area contributed by atoms with Crippen LogP contribution in [0, 0.1) is 11.7 Å². The Kier molecular flexibility index (Phi) is 8.52. The summed E-state index contributed by atoms with van der Waals surface area (Å²) in [6.45, 7) is -0.00169. The van der Waals surface area contributed by atoms with E-state index in [0.717, 1.165) is 19.3 Å². The van der Waals surface area contributed by atoms with Crippen molar-refractivity contribution in [1.82, 2.24) is 20.0 Å². The third-order valence-electron chi connectivity index (χ3n) is 6.95. The van der Waals surface area contributed by atoms with E-state index in [1.807, 2.05) is 0 Å². The fraction of sp³-hybridized carbons (Fsp3) is 0.346. The summed E-state index contributed by atoms with van der Waals surface area (Å²) >= 11 is 5.91. The number of carbonyl (C=O) groups is 4. The molecule has 0 spiro atoms. The normalized spacial score (nSPS) is 19.5. The van der Waals surface area contributed by atoms with Crippen molar-refractivity contribution in [2.75, 3.05) is 0 Å². The Morgan fingerprint density at radius 2 is 1.80 bits per heavy atom. The molecule has 10 nitrogen and oxygen atoms in total. The first kappa shape index (κ1) is 29.8. The Morgan fingerprint density at radius 3 is 2.44 bits per heavy atom. The van der Waals surface area contributed by atoms with Crippen molar-refractivity contribution in [3.05, 3.63) is 64.6 Å². The highest BCUT2D eigenvalue weighted by Crippen LogP contribution is 2.42. The molecule has 1 aliphatic heterocycles. The zero-order valence-corrected chi connectivity index (χ0v) is 22.0. The van der Waals surface area contributed by atoms with E-state index in [2.05, 4.69) is 10.4 Å². The highest BCUT2D eigenvalue weighted by Gasteiger charge is 2.51. The predicted molar refractivity (Wildman–Crippen MR) is 137 cm³/mol. The zero-order valence-electron chi connectivity index (χ0n) is 21.2. The van der Waals surface area contributed by atoms with Crippen LogP contribution in [0.1, 0.15) is 35.3 Å². The van der Waals surface area contributed by atoms with Gasteiger partial charge >= 0.3 is 12.1 Å². The number of carboxylic acid groups (broad SMARTS) is 1. The van der Waals surface area contributed by atoms with Gasteiger partial charge in [0.25, 0.3) is 5.91 Å². The molecule has 3 amide bonds. The molecule has 3 aromatic rings. The molecule has 1 saturated carbocycles. The van der Waals surface area contributed by atoms with Gasteiger partial charge in [0.2, 0.25) is 11.8 Å². The van der Waals surface area contributed by atoms with Crippen LogP contribution in [0.3, 0.4) is 0 Å². The highest BCUT2D eigenvalue weighted by atomic mass is 35.5. The van der Waals surface area contributed by atoms with Crippen molar-refractivity contribution in [2.45, 2.75) is 50.6 Å². The Bertz CT molecular complexity index is 1490. The van der Waals surface area contributed by atoms with Gasteiger partial charge in [-0.1, -0.05) is 29.8 Å². The van der Waals surface area contributed by atoms with Gasteiger partial charge in [0.15, 0.2) is 5.69 Å². The summed E-state index contributed by atoms with van der Waals surface area (Å²) in [4.78, 5) is 48.9. The first-order valence-corrected chi connectivity index (χ1v) is 12.7. The van der Waals surface area contributed by atoms with Crippen LogP contribution in [-0.2, 0) is 27.5 Å². The summed E-state index contributed by atoms with van der Waals surface area (Å²) in [6, 6.07) is 10.6. The van der Waals surface area contributed by atoms with E-state index < -0.39 is 29.9 Å². The monoisotopic (exact) mass is 597 g/mol. The molecule has 2 aromatic carbocycles. The number of carboxylic acids is 1. The minimum absolute atomic E-state index is 0.0192. The zero-order chi connectivity index (χ0) is 30.1. The number of benzene rings is 2. The van der Waals surface area contributed by atoms with Crippen LogP contribution >= 0.6 is 11.6 Å². The number of piperidine rings is 1. The molecule has 0 unspecified atom stereocenters. The summed E-state index contributed by atoms with van der Waals surface area (Å²) < 4.78 is 46.8. The van der Waals surface area contributed by atoms with Gasteiger partial charge < -0.3 is 21.1 Å². The number of aromatic nitrogens is 2. The Balaban J connectivity index is 0.000000493. The number of likely N-dealkylation sites (tertiary alicyclic amines) is 1. The summed E-state index contributed by atoms with van der Waals surface area (Å²) in [5.41, 5.74) is 6.73. The van der Waals surface area contributed by atoms with E-state index in [0.29, 0.717) is 16.5 Å². The Labute approximate surface area is 235 Å². The number of halogens is 5. The number of carbonyl (C=O) groups excluding carboxylic acids is 3. The third-order valence-corrected chi connectivity index (χ3v) is 7.17. The maximum atomic E-state index is 13.6. The lowest BCUT2D eigenvalue weighted by Crippen LogP contribution is -2.53. The van der Waals surface area contributed by atoms with Crippen LogP contribution in [-0.4, -0.2) is 61.7 Å². The van der Waals surface area contributed by atoms with Crippen LogP contribution in [0.25, 0.3) is 10.9 Å². The smallest absolute Gasteiger partial charge is 0.475 e. The van der Waals surface area contributed by atoms with E-state index in [4.69, 9.17) is 27.2 Å². The van der Waals surface area contributed by atoms with Crippen LogP contribution < -0.4 is 11.1 Å². The van der Waals surface area contributed by atoms with Gasteiger partial charge in [-0.05, 0) is 55.0 Å². The highest BCUT2D eigenvalue weighted by molar-refractivity contribution is 6.30. The maximum Gasteiger partial charge on any atom is 0.490 e. The second-order valence-corrected chi connectivity index (χ2v) is 10.1. The molecular weight excluding hydrogens is 574 g/mol. The number of amides is 3. The fourth-order valence-corrected chi connectivity index (χ4v) is 5.58. The number of hydrogen-bond acceptors (Lipinski definition) is 5. The fourth-order valence-electron chi connectivity index (χ4n) is 5.33. The van der Waals surface area contributed by atoms with Gasteiger partial charge in [-0.2, -0.15) is 18.3 Å². The summed E-state index contributed by atoms with van der Waals surface area (Å²) in [6.07, 6.45) is -2.61. The number of alkyl halides is 3. The van der Waals surface area contributed by atoms with Crippen LogP contribution in [0.15, 0.2) is 42.5 Å². The molecule has 1 saturated heterocycles. The standard InChI is InChI=1S/C24H23ClFN5O3.C2HF3O2/c25-15-7-13(8-16(26)10-15)11-28-24(34)22-14-5-6-17(9-14)31(22)20(32)12-30-19-4-2-1-3-18(19)21(29-30)23(27)33;3-2(4,5)1(6)7/h1-4,7-8,10,14,17,22H,5-6,9,11-12H2,(H2,27,33)(H,28,34);(H,6,7)/t14-,17+,22-;/m0./s1. The van der Waals surface area contributed by atoms with Gasteiger partial charge in [-0.25, -0.2) is 9.18 Å². The first-order valence-electron chi connectivity index (χ1n) is 12.4. The first-order chi connectivity index (χ1) is 19.3. The van der Waals surface area contributed by atoms with Crippen LogP contribution in [0.4, 0.5) is 17.6 Å². The van der Waals surface area contributed by atoms with Crippen molar-refractivity contribution < 1.29 is 41.8 Å². The van der Waals surface area contributed by atoms with Gasteiger partial charge in [-0.15, -0.1) is 0 Å². The molecule has 4 N–H and O–H groups in total. The molecule has 2 bridgehead atoms. The average Bonchev–Trinajstić information content (AvgIpc) is 3.60. The minimum Gasteiger partial charge on any atom is -0.475 e. The lowest BCUT2D eigenvalue weighted by atomic mass is 9.97. The number of aliphatic carboxylic acids is 1. The van der Waals surface area contributed by atoms with Gasteiger partial charge in [0.05, 0.1) is 5.52 Å². The molecule has 2 fully saturated rings. The van der Waals surface area contributed by atoms with Crippen LogP contribution in [0.5, 0.6) is 0 Å². The minimum atomic E-state index is -5.08. The number of fused-ring (bicyclic) bond motifs is 3. The number of hydrogen-bond donors (Lipinski definition) is 3. The summed E-state index contributed by atoms with van der Waals surface area (Å²) in [5.74, 6) is -4.35. The van der Waals surface area contributed by atoms with E-state index in [1.165, 1.54) is 16.8 Å². The third kappa shape index (κ3) is 6.59. The topological polar surface area (TPSA) is 148 Å². The lowest BCUT2D eigenvalue weighted by Gasteiger charge is -2.34. The lowest BCUT2D eigenvalue weighted by molar-refractivity contribution is -0.192. The number of primary amides is 1. The second kappa shape index (κ2) is 11.7. The quantitative estimate of drug-likeness (QED) is 0.372. The maximum absolute atomic E-state index is 13.6. The Hall–Kier alpha value is -4.20. The number of nitrogens with zero attached hydrogens (tertiary/aromatic N) is 3. The van der Waals surface area contributed by atoms with Crippen LogP contribution in [0.2, 0.25) is 5.02 Å². The van der Waals surface area contributed by atoms with Gasteiger partial charge in [-0.3, -0.25) is 19.1 Å². The molecule has 3 atom stereocenters. The van der Waals surface area contributed by atoms with Crippen molar-refractivity contribution in [1.29, 1.82) is 0 Å². The van der Waals surface area contributed by atoms with E-state index in [-0.39, 0.29) is 47.6 Å². The SMILES string of the molecule is NC(=O)c1nn(CC(=O)N2[C@@H]3CC[C@@H](C3)[C@H]2C(=O)NCc2cc(F)cc(Cl)c2)c2ccccc12.O=C(O)C(F)(F)F. The number of nitrogens with one attached hydrogen (secondary N) is 1. The predicted octanol–water partition coefficient (Wildman–Crippen LogP) is 3.26. The number of para-hydroxylation sites is 1. The molecule has 1 aliphatic carbocycles. The number of rotatable bonds is 6. The van der Waals surface area contributed by atoms with Gasteiger partial charge in [0.1, 0.15) is 18.4 Å². The van der Waals surface area contributed by atoms with Crippen molar-refractivity contribution in [3.8, 4) is 0 Å². The largest absolute Gasteiger partial charge is 0.490 e. The Morgan fingerprint density at radius 1 is 1.12 bits per heavy atom. The van der Waals surface area contributed by atoms with Crippen molar-refractivity contribution in [3.63, 3.8) is 0 Å². The molecule has 41 heavy (non-hydrogen) atoms. The molecule has 15 heteroatoms. The molecule has 0 radical (unpaired) electrons. The molecule has 2 aliphatic rings. The van der Waals surface area contributed by atoms with E-state index in [1.54, 1.807) is 35.2 Å². The molecule has 1 aromatic heterocycles. The van der Waals surface area contributed by atoms with Crippen molar-refractivity contribution >= 4 is 46.2 Å². The molecule has 5 rings (SSSR count). The summed E-state index contributed by atoms with van der Waals surface area (Å²) in [5, 5.41) is 15.1. The van der Waals surface area contributed by atoms with Crippen molar-refractivity contribution in [2.24, 2.45) is 11.7 Å². The number of nitrogens with two attached hydrogens (primary N) is 1. The van der Waals surface area contributed by atoms with Gasteiger partial charge in [0, 0.05) is 23.0 Å². The molecular formula is C26H24ClF4N5O5. The molecule has 218 valence electrons. The van der Waals surface area contributed by atoms with E-state index in [9.17, 15) is 31.9 Å². The molecule has 2 heterocycles. The summed E-state index contributed by atoms with van der Waals surface area (Å²) in [7, 11) is 0. The second-order valence-electron chi connectivity index (χ2n) is 9.66.